The van der Waals surface area contributed by atoms with Gasteiger partial charge in [0.05, 0.1) is 0 Å². The highest BCUT2D eigenvalue weighted by Gasteiger charge is 2.16. The van der Waals surface area contributed by atoms with E-state index in [0.717, 1.165) is 31.5 Å². The van der Waals surface area contributed by atoms with Crippen molar-refractivity contribution in [2.24, 2.45) is 0 Å². The molecule has 1 atom stereocenters. The van der Waals surface area contributed by atoms with Crippen LogP contribution in [0.1, 0.15) is 28.8 Å². The lowest BCUT2D eigenvalue weighted by atomic mass is 10.1. The lowest BCUT2D eigenvalue weighted by molar-refractivity contribution is 0.0930. The Bertz CT molecular complexity index is 643. The molecule has 4 nitrogen and oxygen atoms in total. The first kappa shape index (κ1) is 18.3. The molecule has 1 fully saturated rings. The van der Waals surface area contributed by atoms with E-state index in [9.17, 15) is 4.79 Å². The van der Waals surface area contributed by atoms with Crippen molar-refractivity contribution in [1.29, 1.82) is 0 Å². The molecule has 2 aromatic rings. The fourth-order valence-electron chi connectivity index (χ4n) is 2.71. The van der Waals surface area contributed by atoms with Crippen LogP contribution >= 0.6 is 12.4 Å². The highest BCUT2D eigenvalue weighted by molar-refractivity contribution is 5.94. The van der Waals surface area contributed by atoms with Crippen molar-refractivity contribution in [2.45, 2.75) is 25.5 Å². The smallest absolute Gasteiger partial charge is 0.251 e. The van der Waals surface area contributed by atoms with E-state index < -0.39 is 0 Å². The maximum absolute atomic E-state index is 12.3. The van der Waals surface area contributed by atoms with Crippen LogP contribution in [0, 0.1) is 0 Å². The molecule has 1 heterocycles. The molecule has 0 unspecified atom stereocenters. The second kappa shape index (κ2) is 9.30. The van der Waals surface area contributed by atoms with Gasteiger partial charge in [-0.1, -0.05) is 36.4 Å². The Kier molecular flexibility index (Phi) is 7.09. The SMILES string of the molecule is Cl.O=C(N[C@@H]1CCCNC1)c1cccc(OCc2ccccc2)c1. The second-order valence-corrected chi connectivity index (χ2v) is 5.82. The molecule has 3 rings (SSSR count). The highest BCUT2D eigenvalue weighted by atomic mass is 35.5. The van der Waals surface area contributed by atoms with Gasteiger partial charge < -0.3 is 15.4 Å². The second-order valence-electron chi connectivity index (χ2n) is 5.82. The van der Waals surface area contributed by atoms with E-state index in [-0.39, 0.29) is 24.4 Å². The van der Waals surface area contributed by atoms with E-state index in [1.807, 2.05) is 48.5 Å². The quantitative estimate of drug-likeness (QED) is 0.874. The minimum atomic E-state index is -0.0381. The number of benzene rings is 2. The summed E-state index contributed by atoms with van der Waals surface area (Å²) in [6.07, 6.45) is 2.13. The van der Waals surface area contributed by atoms with E-state index >= 15 is 0 Å². The van der Waals surface area contributed by atoms with Crippen molar-refractivity contribution in [2.75, 3.05) is 13.1 Å². The van der Waals surface area contributed by atoms with Gasteiger partial charge in [0.2, 0.25) is 0 Å². The predicted octanol–water partition coefficient (Wildman–Crippen LogP) is 3.17. The predicted molar refractivity (Wildman–Crippen MR) is 97.8 cm³/mol. The zero-order valence-corrected chi connectivity index (χ0v) is 14.4. The molecule has 0 spiro atoms. The first-order valence-corrected chi connectivity index (χ1v) is 8.09. The van der Waals surface area contributed by atoms with Crippen molar-refractivity contribution >= 4 is 18.3 Å². The fraction of sp³-hybridized carbons (Fsp3) is 0.316. The van der Waals surface area contributed by atoms with Gasteiger partial charge in [0.25, 0.3) is 5.91 Å². The van der Waals surface area contributed by atoms with Gasteiger partial charge >= 0.3 is 0 Å². The monoisotopic (exact) mass is 346 g/mol. The van der Waals surface area contributed by atoms with E-state index in [1.165, 1.54) is 0 Å². The first-order valence-electron chi connectivity index (χ1n) is 8.09. The molecule has 0 bridgehead atoms. The molecule has 24 heavy (non-hydrogen) atoms. The van der Waals surface area contributed by atoms with Crippen LogP contribution in [0.4, 0.5) is 0 Å². The molecule has 5 heteroatoms. The number of ether oxygens (including phenoxy) is 1. The van der Waals surface area contributed by atoms with E-state index in [1.54, 1.807) is 6.07 Å². The van der Waals surface area contributed by atoms with E-state index in [4.69, 9.17) is 4.74 Å². The van der Waals surface area contributed by atoms with Crippen LogP contribution in [0.5, 0.6) is 5.75 Å². The molecule has 1 aliphatic rings. The van der Waals surface area contributed by atoms with E-state index in [2.05, 4.69) is 10.6 Å². The average molecular weight is 347 g/mol. The molecule has 0 aliphatic carbocycles. The largest absolute Gasteiger partial charge is 0.489 e. The van der Waals surface area contributed by atoms with Crippen molar-refractivity contribution in [3.8, 4) is 5.75 Å². The van der Waals surface area contributed by atoms with Gasteiger partial charge in [0.15, 0.2) is 0 Å². The number of hydrogen-bond acceptors (Lipinski definition) is 3. The Hall–Kier alpha value is -2.04. The molecule has 2 aromatic carbocycles. The van der Waals surface area contributed by atoms with Crippen LogP contribution in [-0.2, 0) is 6.61 Å². The zero-order valence-electron chi connectivity index (χ0n) is 13.5. The summed E-state index contributed by atoms with van der Waals surface area (Å²) in [4.78, 5) is 12.3. The number of rotatable bonds is 5. The Morgan fingerprint density at radius 3 is 2.75 bits per heavy atom. The van der Waals surface area contributed by atoms with Gasteiger partial charge in [-0.15, -0.1) is 12.4 Å². The molecular weight excluding hydrogens is 324 g/mol. The van der Waals surface area contributed by atoms with Crippen molar-refractivity contribution in [3.63, 3.8) is 0 Å². The molecular formula is C19H23ClN2O2. The Morgan fingerprint density at radius 1 is 1.17 bits per heavy atom. The van der Waals surface area contributed by atoms with Crippen molar-refractivity contribution < 1.29 is 9.53 Å². The molecule has 0 aromatic heterocycles. The topological polar surface area (TPSA) is 50.4 Å². The van der Waals surface area contributed by atoms with Crippen LogP contribution in [0.3, 0.4) is 0 Å². The van der Waals surface area contributed by atoms with Gasteiger partial charge in [-0.25, -0.2) is 0 Å². The summed E-state index contributed by atoms with van der Waals surface area (Å²) < 4.78 is 5.78. The lowest BCUT2D eigenvalue weighted by Crippen LogP contribution is -2.45. The van der Waals surface area contributed by atoms with E-state index in [0.29, 0.717) is 17.9 Å². The third-order valence-electron chi connectivity index (χ3n) is 3.98. The number of piperidine rings is 1. The molecule has 1 aliphatic heterocycles. The molecule has 2 N–H and O–H groups in total. The van der Waals surface area contributed by atoms with Crippen LogP contribution in [0.25, 0.3) is 0 Å². The first-order chi connectivity index (χ1) is 11.3. The summed E-state index contributed by atoms with van der Waals surface area (Å²) in [6.45, 7) is 2.38. The van der Waals surface area contributed by atoms with Crippen LogP contribution in [0.15, 0.2) is 54.6 Å². The summed E-state index contributed by atoms with van der Waals surface area (Å²) in [7, 11) is 0. The number of amides is 1. The Labute approximate surface area is 149 Å². The van der Waals surface area contributed by atoms with Gasteiger partial charge in [-0.2, -0.15) is 0 Å². The maximum Gasteiger partial charge on any atom is 0.251 e. The maximum atomic E-state index is 12.3. The Balaban J connectivity index is 0.00000208. The molecule has 0 radical (unpaired) electrons. The molecule has 128 valence electrons. The molecule has 0 saturated carbocycles. The normalized spacial score (nSPS) is 16.8. The Morgan fingerprint density at radius 2 is 2.00 bits per heavy atom. The number of hydrogen-bond donors (Lipinski definition) is 2. The van der Waals surface area contributed by atoms with Crippen molar-refractivity contribution in [1.82, 2.24) is 10.6 Å². The average Bonchev–Trinajstić information content (AvgIpc) is 2.62. The summed E-state index contributed by atoms with van der Waals surface area (Å²) >= 11 is 0. The summed E-state index contributed by atoms with van der Waals surface area (Å²) in [5, 5.41) is 6.38. The van der Waals surface area contributed by atoms with Crippen LogP contribution in [-0.4, -0.2) is 25.0 Å². The van der Waals surface area contributed by atoms with Crippen LogP contribution in [0.2, 0.25) is 0 Å². The number of nitrogens with one attached hydrogen (secondary N) is 2. The third-order valence-corrected chi connectivity index (χ3v) is 3.98. The summed E-state index contributed by atoms with van der Waals surface area (Å²) in [5.41, 5.74) is 1.75. The minimum Gasteiger partial charge on any atom is -0.489 e. The zero-order chi connectivity index (χ0) is 15.9. The number of halogens is 1. The summed E-state index contributed by atoms with van der Waals surface area (Å²) in [6, 6.07) is 17.6. The molecule has 1 amide bonds. The number of carbonyl (C=O) groups is 1. The fourth-order valence-corrected chi connectivity index (χ4v) is 2.71. The standard InChI is InChI=1S/C19H22N2O2.ClH/c22-19(21-17-9-5-11-20-13-17)16-8-4-10-18(12-16)23-14-15-6-2-1-3-7-15;/h1-4,6-8,10,12,17,20H,5,9,11,13-14H2,(H,21,22);1H/t17-;/m1./s1. The lowest BCUT2D eigenvalue weighted by Gasteiger charge is -2.23. The highest BCUT2D eigenvalue weighted by Crippen LogP contribution is 2.16. The van der Waals surface area contributed by atoms with Gasteiger partial charge in [-0.3, -0.25) is 4.79 Å². The minimum absolute atomic E-state index is 0. The van der Waals surface area contributed by atoms with Crippen LogP contribution < -0.4 is 15.4 Å². The van der Waals surface area contributed by atoms with Gasteiger partial charge in [-0.05, 0) is 43.1 Å². The third kappa shape index (κ3) is 5.25. The number of carbonyl (C=O) groups excluding carboxylic acids is 1. The van der Waals surface area contributed by atoms with Gasteiger partial charge in [0.1, 0.15) is 12.4 Å². The molecule has 1 saturated heterocycles. The summed E-state index contributed by atoms with van der Waals surface area (Å²) in [5.74, 6) is 0.673. The van der Waals surface area contributed by atoms with Crippen molar-refractivity contribution in [3.05, 3.63) is 65.7 Å². The van der Waals surface area contributed by atoms with Gasteiger partial charge in [0, 0.05) is 18.2 Å².